The van der Waals surface area contributed by atoms with E-state index in [4.69, 9.17) is 4.84 Å². The van der Waals surface area contributed by atoms with E-state index in [0.29, 0.717) is 13.2 Å². The van der Waals surface area contributed by atoms with Gasteiger partial charge in [0.15, 0.2) is 0 Å². The van der Waals surface area contributed by atoms with Crippen LogP contribution >= 0.6 is 0 Å². The molecule has 1 aliphatic rings. The van der Waals surface area contributed by atoms with E-state index in [2.05, 4.69) is 5.48 Å². The first-order chi connectivity index (χ1) is 11.2. The van der Waals surface area contributed by atoms with Crippen LogP contribution in [0.3, 0.4) is 0 Å². The molecule has 0 unspecified atom stereocenters. The first kappa shape index (κ1) is 15.2. The highest BCUT2D eigenvalue weighted by Gasteiger charge is 2.35. The molecule has 118 valence electrons. The van der Waals surface area contributed by atoms with Gasteiger partial charge in [-0.2, -0.15) is 0 Å². The Hall–Kier alpha value is -2.66. The molecule has 0 aromatic heterocycles. The maximum Gasteiger partial charge on any atom is 0.248 e. The fourth-order valence-corrected chi connectivity index (χ4v) is 2.59. The third-order valence-corrected chi connectivity index (χ3v) is 3.82. The minimum atomic E-state index is -0.390. The molecule has 23 heavy (non-hydrogen) atoms. The second kappa shape index (κ2) is 7.07. The van der Waals surface area contributed by atoms with Crippen LogP contribution in [0.25, 0.3) is 0 Å². The largest absolute Gasteiger partial charge is 0.312 e. The minimum absolute atomic E-state index is 0.0422. The average Bonchev–Trinajstić information content (AvgIpc) is 2.98. The van der Waals surface area contributed by atoms with Crippen LogP contribution in [0.5, 0.6) is 0 Å². The van der Waals surface area contributed by atoms with Gasteiger partial charge in [-0.3, -0.25) is 14.4 Å². The summed E-state index contributed by atoms with van der Waals surface area (Å²) >= 11 is 0. The van der Waals surface area contributed by atoms with Gasteiger partial charge in [-0.1, -0.05) is 48.5 Å². The van der Waals surface area contributed by atoms with Crippen molar-refractivity contribution >= 4 is 17.5 Å². The number of hydrogen-bond acceptors (Lipinski definition) is 3. The summed E-state index contributed by atoms with van der Waals surface area (Å²) in [6.45, 7) is 0.680. The molecule has 2 aromatic carbocycles. The number of rotatable bonds is 5. The van der Waals surface area contributed by atoms with Gasteiger partial charge in [0.2, 0.25) is 11.8 Å². The number of hydrogen-bond donors (Lipinski definition) is 1. The lowest BCUT2D eigenvalue weighted by molar-refractivity contribution is -0.138. The van der Waals surface area contributed by atoms with Crippen LogP contribution < -0.4 is 10.4 Å². The highest BCUT2D eigenvalue weighted by Crippen LogP contribution is 2.24. The van der Waals surface area contributed by atoms with Crippen molar-refractivity contribution in [3.8, 4) is 0 Å². The molecule has 1 atom stereocenters. The van der Waals surface area contributed by atoms with E-state index in [0.717, 1.165) is 11.3 Å². The number of nitrogens with one attached hydrogen (secondary N) is 1. The summed E-state index contributed by atoms with van der Waals surface area (Å²) in [6, 6.07) is 19.0. The molecule has 3 rings (SSSR count). The SMILES string of the molecule is O=C(NOCc1ccccc1)[C@H]1CC(=O)N(c2ccccc2)C1. The van der Waals surface area contributed by atoms with Crippen LogP contribution in [-0.4, -0.2) is 18.4 Å². The molecule has 1 saturated heterocycles. The summed E-state index contributed by atoms with van der Waals surface area (Å²) in [7, 11) is 0. The molecule has 0 bridgehead atoms. The lowest BCUT2D eigenvalue weighted by atomic mass is 10.1. The zero-order valence-corrected chi connectivity index (χ0v) is 12.6. The minimum Gasteiger partial charge on any atom is -0.312 e. The lowest BCUT2D eigenvalue weighted by Gasteiger charge is -2.16. The summed E-state index contributed by atoms with van der Waals surface area (Å²) in [4.78, 5) is 31.1. The van der Waals surface area contributed by atoms with Gasteiger partial charge in [0, 0.05) is 18.7 Å². The number of amides is 2. The number of anilines is 1. The summed E-state index contributed by atoms with van der Waals surface area (Å²) in [6.07, 6.45) is 0.204. The Balaban J connectivity index is 1.52. The van der Waals surface area contributed by atoms with Gasteiger partial charge in [0.05, 0.1) is 12.5 Å². The zero-order valence-electron chi connectivity index (χ0n) is 12.6. The maximum atomic E-state index is 12.1. The van der Waals surface area contributed by atoms with Gasteiger partial charge >= 0.3 is 0 Å². The molecule has 0 aliphatic carbocycles. The van der Waals surface area contributed by atoms with Crippen molar-refractivity contribution in [2.45, 2.75) is 13.0 Å². The number of nitrogens with zero attached hydrogens (tertiary/aromatic N) is 1. The second-order valence-electron chi connectivity index (χ2n) is 5.48. The van der Waals surface area contributed by atoms with E-state index in [9.17, 15) is 9.59 Å². The Morgan fingerprint density at radius 3 is 2.43 bits per heavy atom. The zero-order chi connectivity index (χ0) is 16.1. The van der Waals surface area contributed by atoms with Gasteiger partial charge < -0.3 is 4.90 Å². The fraction of sp³-hybridized carbons (Fsp3) is 0.222. The van der Waals surface area contributed by atoms with E-state index in [1.54, 1.807) is 4.90 Å². The van der Waals surface area contributed by atoms with E-state index in [-0.39, 0.29) is 18.2 Å². The molecule has 5 heteroatoms. The molecule has 2 amide bonds. The van der Waals surface area contributed by atoms with Gasteiger partial charge in [-0.25, -0.2) is 5.48 Å². The third kappa shape index (κ3) is 3.76. The number of carbonyl (C=O) groups excluding carboxylic acids is 2. The summed E-state index contributed by atoms with van der Waals surface area (Å²) < 4.78 is 0. The topological polar surface area (TPSA) is 58.6 Å². The highest BCUT2D eigenvalue weighted by atomic mass is 16.6. The van der Waals surface area contributed by atoms with E-state index in [1.165, 1.54) is 0 Å². The first-order valence-electron chi connectivity index (χ1n) is 7.55. The molecule has 0 radical (unpaired) electrons. The van der Waals surface area contributed by atoms with Crippen molar-refractivity contribution in [2.24, 2.45) is 5.92 Å². The van der Waals surface area contributed by atoms with E-state index < -0.39 is 5.92 Å². The van der Waals surface area contributed by atoms with Crippen molar-refractivity contribution < 1.29 is 14.4 Å². The third-order valence-electron chi connectivity index (χ3n) is 3.82. The molecular formula is C18H18N2O3. The Morgan fingerprint density at radius 2 is 1.74 bits per heavy atom. The molecule has 1 heterocycles. The van der Waals surface area contributed by atoms with E-state index in [1.807, 2.05) is 60.7 Å². The summed E-state index contributed by atoms with van der Waals surface area (Å²) in [5.74, 6) is -0.689. The summed E-state index contributed by atoms with van der Waals surface area (Å²) in [5.41, 5.74) is 4.24. The molecule has 0 saturated carbocycles. The quantitative estimate of drug-likeness (QED) is 0.862. The molecule has 5 nitrogen and oxygen atoms in total. The van der Waals surface area contributed by atoms with Crippen molar-refractivity contribution in [3.05, 3.63) is 66.2 Å². The van der Waals surface area contributed by atoms with Crippen molar-refractivity contribution in [1.82, 2.24) is 5.48 Å². The van der Waals surface area contributed by atoms with Crippen molar-refractivity contribution in [3.63, 3.8) is 0 Å². The average molecular weight is 310 g/mol. The van der Waals surface area contributed by atoms with Crippen LogP contribution in [-0.2, 0) is 21.0 Å². The van der Waals surface area contributed by atoms with Gasteiger partial charge in [0.1, 0.15) is 0 Å². The van der Waals surface area contributed by atoms with E-state index >= 15 is 0 Å². The van der Waals surface area contributed by atoms with Crippen LogP contribution in [0.15, 0.2) is 60.7 Å². The Morgan fingerprint density at radius 1 is 1.09 bits per heavy atom. The Kier molecular flexibility index (Phi) is 4.68. The number of carbonyl (C=O) groups is 2. The van der Waals surface area contributed by atoms with Crippen molar-refractivity contribution in [2.75, 3.05) is 11.4 Å². The van der Waals surface area contributed by atoms with Crippen LogP contribution in [0.2, 0.25) is 0 Å². The van der Waals surface area contributed by atoms with Crippen LogP contribution in [0.4, 0.5) is 5.69 Å². The van der Waals surface area contributed by atoms with Crippen molar-refractivity contribution in [1.29, 1.82) is 0 Å². The highest BCUT2D eigenvalue weighted by molar-refractivity contribution is 6.00. The lowest BCUT2D eigenvalue weighted by Crippen LogP contribution is -2.33. The fourth-order valence-electron chi connectivity index (χ4n) is 2.59. The standard InChI is InChI=1S/C18H18N2O3/c21-17-11-15(12-20(17)16-9-5-2-6-10-16)18(22)19-23-13-14-7-3-1-4-8-14/h1-10,15H,11-13H2,(H,19,22)/t15-/m0/s1. The smallest absolute Gasteiger partial charge is 0.248 e. The number of hydroxylamine groups is 1. The Labute approximate surface area is 134 Å². The molecule has 1 N–H and O–H groups in total. The van der Waals surface area contributed by atoms with Gasteiger partial charge in [0.25, 0.3) is 0 Å². The molecular weight excluding hydrogens is 292 g/mol. The first-order valence-corrected chi connectivity index (χ1v) is 7.55. The number of benzene rings is 2. The maximum absolute atomic E-state index is 12.1. The normalized spacial score (nSPS) is 17.3. The predicted octanol–water partition coefficient (Wildman–Crippen LogP) is 2.29. The molecule has 0 spiro atoms. The monoisotopic (exact) mass is 310 g/mol. The molecule has 2 aromatic rings. The van der Waals surface area contributed by atoms with Crippen LogP contribution in [0.1, 0.15) is 12.0 Å². The van der Waals surface area contributed by atoms with Gasteiger partial charge in [-0.15, -0.1) is 0 Å². The Bertz CT molecular complexity index is 673. The predicted molar refractivity (Wildman–Crippen MR) is 86.3 cm³/mol. The number of para-hydroxylation sites is 1. The summed E-state index contributed by atoms with van der Waals surface area (Å²) in [5, 5.41) is 0. The molecule has 1 aliphatic heterocycles. The second-order valence-corrected chi connectivity index (χ2v) is 5.48. The molecule has 1 fully saturated rings. The van der Waals surface area contributed by atoms with Gasteiger partial charge in [-0.05, 0) is 17.7 Å². The van der Waals surface area contributed by atoms with Crippen LogP contribution in [0, 0.1) is 5.92 Å².